The lowest BCUT2D eigenvalue weighted by Gasteiger charge is -2.26. The molecule has 0 unspecified atom stereocenters. The van der Waals surface area contributed by atoms with Crippen molar-refractivity contribution in [3.8, 4) is 0 Å². The van der Waals surface area contributed by atoms with Crippen LogP contribution in [0.25, 0.3) is 10.9 Å². The largest absolute Gasteiger partial charge is 0.416 e. The number of carbonyl (C=O) groups is 1. The van der Waals surface area contributed by atoms with Crippen molar-refractivity contribution in [2.45, 2.75) is 25.7 Å². The molecule has 4 nitrogen and oxygen atoms in total. The number of rotatable bonds is 4. The van der Waals surface area contributed by atoms with Crippen LogP contribution < -0.4 is 5.32 Å². The molecule has 0 fully saturated rings. The topological polar surface area (TPSA) is 48.1 Å². The van der Waals surface area contributed by atoms with Crippen molar-refractivity contribution >= 4 is 28.4 Å². The highest BCUT2D eigenvalue weighted by atomic mass is 35.5. The van der Waals surface area contributed by atoms with Crippen molar-refractivity contribution in [1.82, 2.24) is 15.2 Å². The molecule has 2 N–H and O–H groups in total. The molecule has 1 amide bonds. The van der Waals surface area contributed by atoms with Gasteiger partial charge in [0.15, 0.2) is 0 Å². The van der Waals surface area contributed by atoms with E-state index in [2.05, 4.69) is 10.3 Å². The Morgan fingerprint density at radius 1 is 1.17 bits per heavy atom. The maximum Gasteiger partial charge on any atom is 0.416 e. The molecule has 1 aliphatic rings. The summed E-state index contributed by atoms with van der Waals surface area (Å²) in [6.45, 7) is 1.81. The van der Waals surface area contributed by atoms with Gasteiger partial charge in [0.25, 0.3) is 0 Å². The van der Waals surface area contributed by atoms with Crippen LogP contribution >= 0.6 is 11.6 Å². The molecule has 2 aromatic carbocycles. The molecule has 1 aliphatic heterocycles. The van der Waals surface area contributed by atoms with Crippen molar-refractivity contribution in [2.75, 3.05) is 13.1 Å². The summed E-state index contributed by atoms with van der Waals surface area (Å²) in [4.78, 5) is 17.7. The number of alkyl halides is 3. The van der Waals surface area contributed by atoms with Gasteiger partial charge in [-0.05, 0) is 47.9 Å². The third kappa shape index (κ3) is 4.41. The van der Waals surface area contributed by atoms with E-state index in [1.807, 2.05) is 23.1 Å². The summed E-state index contributed by atoms with van der Waals surface area (Å²) in [5.74, 6) is -0.160. The average Bonchev–Trinajstić information content (AvgIpc) is 3.03. The smallest absolute Gasteiger partial charge is 0.357 e. The molecule has 152 valence electrons. The Balaban J connectivity index is 1.33. The minimum Gasteiger partial charge on any atom is -0.357 e. The number of nitrogens with zero attached hydrogens (tertiary/aromatic N) is 1. The second-order valence-electron chi connectivity index (χ2n) is 7.20. The first-order valence-corrected chi connectivity index (χ1v) is 9.61. The predicted molar refractivity (Wildman–Crippen MR) is 106 cm³/mol. The molecular formula is C21H19ClF3N3O. The Kier molecular flexibility index (Phi) is 5.27. The highest BCUT2D eigenvalue weighted by Crippen LogP contribution is 2.30. The summed E-state index contributed by atoms with van der Waals surface area (Å²) >= 11 is 6.10. The van der Waals surface area contributed by atoms with Gasteiger partial charge in [-0.15, -0.1) is 0 Å². The van der Waals surface area contributed by atoms with Gasteiger partial charge in [0.2, 0.25) is 5.91 Å². The lowest BCUT2D eigenvalue weighted by Crippen LogP contribution is -2.39. The van der Waals surface area contributed by atoms with Gasteiger partial charge >= 0.3 is 6.18 Å². The molecule has 4 rings (SSSR count). The van der Waals surface area contributed by atoms with Crippen molar-refractivity contribution in [3.63, 3.8) is 0 Å². The van der Waals surface area contributed by atoms with Gasteiger partial charge in [0, 0.05) is 41.3 Å². The molecule has 2 heterocycles. The zero-order chi connectivity index (χ0) is 20.6. The Morgan fingerprint density at radius 3 is 2.66 bits per heavy atom. The fraction of sp³-hybridized carbons (Fsp3) is 0.286. The average molecular weight is 422 g/mol. The van der Waals surface area contributed by atoms with Crippen molar-refractivity contribution < 1.29 is 18.0 Å². The predicted octanol–water partition coefficient (Wildman–Crippen LogP) is 4.51. The van der Waals surface area contributed by atoms with Gasteiger partial charge in [-0.3, -0.25) is 9.69 Å². The van der Waals surface area contributed by atoms with Gasteiger partial charge < -0.3 is 10.3 Å². The van der Waals surface area contributed by atoms with Crippen LogP contribution in [0, 0.1) is 0 Å². The molecule has 0 saturated heterocycles. The van der Waals surface area contributed by atoms with E-state index in [1.165, 1.54) is 17.7 Å². The van der Waals surface area contributed by atoms with Crippen molar-refractivity contribution in [1.29, 1.82) is 0 Å². The fourth-order valence-corrected chi connectivity index (χ4v) is 3.85. The van der Waals surface area contributed by atoms with E-state index in [1.54, 1.807) is 0 Å². The molecule has 0 atom stereocenters. The van der Waals surface area contributed by atoms with Gasteiger partial charge in [-0.1, -0.05) is 23.7 Å². The lowest BCUT2D eigenvalue weighted by molar-refractivity contribution is -0.137. The quantitative estimate of drug-likeness (QED) is 0.651. The first kappa shape index (κ1) is 19.8. The molecule has 0 radical (unpaired) electrons. The van der Waals surface area contributed by atoms with Crippen LogP contribution in [0.5, 0.6) is 0 Å². The fourth-order valence-electron chi connectivity index (χ4n) is 3.67. The van der Waals surface area contributed by atoms with Crippen LogP contribution in [-0.4, -0.2) is 28.9 Å². The number of hydrogen-bond donors (Lipinski definition) is 2. The minimum absolute atomic E-state index is 0.160. The monoisotopic (exact) mass is 421 g/mol. The number of nitrogens with one attached hydrogen (secondary N) is 2. The van der Waals surface area contributed by atoms with Crippen molar-refractivity contribution in [3.05, 3.63) is 69.9 Å². The van der Waals surface area contributed by atoms with E-state index < -0.39 is 11.7 Å². The van der Waals surface area contributed by atoms with E-state index in [4.69, 9.17) is 11.6 Å². The van der Waals surface area contributed by atoms with Crippen LogP contribution in [0.2, 0.25) is 5.02 Å². The van der Waals surface area contributed by atoms with Crippen LogP contribution in [0.15, 0.2) is 42.5 Å². The standard InChI is InChI=1S/C21H19ClF3N3O/c22-15-5-6-18-17(9-15)16-7-8-28(11-19(16)27-18)12-20(29)26-10-13-1-3-14(4-2-13)21(23,24)25/h1-6,9,27H,7-8,10-12H2,(H,26,29). The lowest BCUT2D eigenvalue weighted by atomic mass is 10.0. The third-order valence-corrected chi connectivity index (χ3v) is 5.39. The maximum absolute atomic E-state index is 12.6. The van der Waals surface area contributed by atoms with Gasteiger partial charge in [0.05, 0.1) is 12.1 Å². The van der Waals surface area contributed by atoms with Crippen LogP contribution in [0.4, 0.5) is 13.2 Å². The number of hydrogen-bond acceptors (Lipinski definition) is 2. The van der Waals surface area contributed by atoms with E-state index in [-0.39, 0.29) is 19.0 Å². The number of H-pyrrole nitrogens is 1. The Morgan fingerprint density at radius 2 is 1.93 bits per heavy atom. The summed E-state index contributed by atoms with van der Waals surface area (Å²) in [7, 11) is 0. The number of carbonyl (C=O) groups excluding carboxylic acids is 1. The van der Waals surface area contributed by atoms with Crippen LogP contribution in [0.1, 0.15) is 22.4 Å². The second kappa shape index (κ2) is 7.72. The second-order valence-corrected chi connectivity index (χ2v) is 7.64. The summed E-state index contributed by atoms with van der Waals surface area (Å²) in [6, 6.07) is 10.6. The summed E-state index contributed by atoms with van der Waals surface area (Å²) in [6.07, 6.45) is -3.54. The first-order valence-electron chi connectivity index (χ1n) is 9.24. The van der Waals surface area contributed by atoms with Gasteiger partial charge in [0.1, 0.15) is 0 Å². The van der Waals surface area contributed by atoms with E-state index in [9.17, 15) is 18.0 Å². The number of halogens is 4. The highest BCUT2D eigenvalue weighted by Gasteiger charge is 2.30. The molecule has 0 aliphatic carbocycles. The first-order chi connectivity index (χ1) is 13.8. The number of amides is 1. The number of fused-ring (bicyclic) bond motifs is 3. The number of aromatic nitrogens is 1. The molecule has 3 aromatic rings. The maximum atomic E-state index is 12.6. The van der Waals surface area contributed by atoms with E-state index in [0.717, 1.165) is 41.7 Å². The minimum atomic E-state index is -4.36. The van der Waals surface area contributed by atoms with E-state index in [0.29, 0.717) is 17.1 Å². The number of benzene rings is 2. The Bertz CT molecular complexity index is 1040. The van der Waals surface area contributed by atoms with Gasteiger partial charge in [-0.25, -0.2) is 0 Å². The molecule has 1 aromatic heterocycles. The Labute approximate surface area is 170 Å². The summed E-state index contributed by atoms with van der Waals surface area (Å²) in [5, 5.41) is 4.60. The summed E-state index contributed by atoms with van der Waals surface area (Å²) < 4.78 is 37.8. The number of aromatic amines is 1. The zero-order valence-electron chi connectivity index (χ0n) is 15.4. The van der Waals surface area contributed by atoms with Gasteiger partial charge in [-0.2, -0.15) is 13.2 Å². The van der Waals surface area contributed by atoms with Crippen molar-refractivity contribution in [2.24, 2.45) is 0 Å². The summed E-state index contributed by atoms with van der Waals surface area (Å²) in [5.41, 5.74) is 3.29. The zero-order valence-corrected chi connectivity index (χ0v) is 16.2. The molecule has 8 heteroatoms. The molecule has 0 spiro atoms. The Hall–Kier alpha value is -2.51. The molecule has 29 heavy (non-hydrogen) atoms. The van der Waals surface area contributed by atoms with Crippen LogP contribution in [-0.2, 0) is 30.5 Å². The molecular weight excluding hydrogens is 403 g/mol. The van der Waals surface area contributed by atoms with Crippen LogP contribution in [0.3, 0.4) is 0 Å². The molecule has 0 saturated carbocycles. The SMILES string of the molecule is O=C(CN1CCc2c([nH]c3ccc(Cl)cc23)C1)NCc1ccc(C(F)(F)F)cc1. The highest BCUT2D eigenvalue weighted by molar-refractivity contribution is 6.31. The third-order valence-electron chi connectivity index (χ3n) is 5.15. The molecule has 0 bridgehead atoms. The van der Waals surface area contributed by atoms with E-state index >= 15 is 0 Å². The normalized spacial score (nSPS) is 14.8.